The van der Waals surface area contributed by atoms with Gasteiger partial charge in [0.1, 0.15) is 47.8 Å². The molecule has 88 heavy (non-hydrogen) atoms. The van der Waals surface area contributed by atoms with Crippen molar-refractivity contribution >= 4 is 99.7 Å². The van der Waals surface area contributed by atoms with Crippen LogP contribution in [0.5, 0.6) is 0 Å². The van der Waals surface area contributed by atoms with E-state index in [1.165, 1.54) is 27.6 Å². The molecule has 34 heteroatoms. The predicted octanol–water partition coefficient (Wildman–Crippen LogP) is -5.53. The van der Waals surface area contributed by atoms with Crippen LogP contribution in [0.2, 0.25) is 0 Å². The highest BCUT2D eigenvalue weighted by molar-refractivity contribution is 7.10. The number of aliphatic imine (C=N–C) groups is 3. The first kappa shape index (κ1) is 70.6. The summed E-state index contributed by atoms with van der Waals surface area (Å²) in [5, 5.41) is 53.1. The van der Waals surface area contributed by atoms with Gasteiger partial charge in [0.25, 0.3) is 0 Å². The summed E-state index contributed by atoms with van der Waals surface area (Å²) in [6, 6.07) is -3.44. The van der Waals surface area contributed by atoms with Gasteiger partial charge < -0.3 is 102 Å². The molecule has 0 bridgehead atoms. The second-order valence-electron chi connectivity index (χ2n) is 21.8. The lowest BCUT2D eigenvalue weighted by atomic mass is 9.80. The maximum absolute atomic E-state index is 14.5. The van der Waals surface area contributed by atoms with Gasteiger partial charge in [-0.05, 0) is 87.1 Å². The fraction of sp³-hybridized carbons (Fsp3) is 0.611. The molecule has 4 heterocycles. The summed E-state index contributed by atoms with van der Waals surface area (Å²) in [6.07, 6.45) is 1.97. The van der Waals surface area contributed by atoms with E-state index in [0.29, 0.717) is 41.9 Å². The quantitative estimate of drug-likeness (QED) is 0.0177. The standard InChI is InChI=1S/C54H85N19O13S2/c55-33(12-4-18-62-51(56)57)42(77)67-34(13-5-19-63-52(58)59)47(82)72-21-7-15-39(72)48(83)73-28-30(75)24-40(73)46(81)65-27-41(76)66-36(25-31-10-8-22-87-31)43(78)69-38(29-74)45(80)71-54(16-2-1-3-17-54)50(86)70-37(26-32-11-9-23-88-32)44(79)68-35(49(84)85)14-6-20-64-53(60)61/h8-11,22-23,30,33-40,74-75H,1-7,12-21,24-29,55H2,(H,65,81)(H,66,76)(H,67,77)(H,68,79)(H,69,78)(H,70,86)(H,71,80)(H,84,85)(H4,56,57,62)(H4,58,59,63)(H4,60,61,64)/t30-,33-,34+,35+,36+,37+,38+,39+,40+/m1/s1. The molecule has 2 aromatic rings. The average molecular weight is 1270 g/mol. The normalized spacial score (nSPS) is 19.0. The Morgan fingerprint density at radius 2 is 1.17 bits per heavy atom. The van der Waals surface area contributed by atoms with Crippen LogP contribution in [0.15, 0.2) is 50.0 Å². The van der Waals surface area contributed by atoms with Crippen molar-refractivity contribution in [1.29, 1.82) is 0 Å². The molecular weight excluding hydrogens is 1190 g/mol. The van der Waals surface area contributed by atoms with Crippen molar-refractivity contribution in [3.63, 3.8) is 0 Å². The number of guanidine groups is 3. The van der Waals surface area contributed by atoms with Gasteiger partial charge in [0.2, 0.25) is 53.2 Å². The summed E-state index contributed by atoms with van der Waals surface area (Å²) in [4.78, 5) is 154. The van der Waals surface area contributed by atoms with Gasteiger partial charge in [-0.2, -0.15) is 0 Å². The number of carbonyl (C=O) groups is 10. The third-order valence-corrected chi connectivity index (χ3v) is 16.9. The van der Waals surface area contributed by atoms with E-state index in [2.05, 4.69) is 52.2 Å². The number of nitrogens with two attached hydrogens (primary N) is 7. The summed E-state index contributed by atoms with van der Waals surface area (Å²) >= 11 is 2.56. The first-order chi connectivity index (χ1) is 41.9. The number of thiophene rings is 2. The van der Waals surface area contributed by atoms with Gasteiger partial charge in [0.15, 0.2) is 17.9 Å². The van der Waals surface area contributed by atoms with E-state index in [0.717, 1.165) is 4.90 Å². The number of aliphatic carboxylic acids is 1. The fourth-order valence-electron chi connectivity index (χ4n) is 10.6. The summed E-state index contributed by atoms with van der Waals surface area (Å²) < 4.78 is 0. The Labute approximate surface area is 516 Å². The molecule has 2 saturated heterocycles. The molecule has 9 atom stereocenters. The SMILES string of the molecule is NC(N)=NCCC[C@@H](N)C(=O)N[C@@H](CCCN=C(N)N)C(=O)N1CCC[C@H]1C(=O)N1C[C@H](O)C[C@H]1C(=O)NCC(=O)N[C@@H](Cc1cccs1)C(=O)N[C@@H](CO)C(=O)NC1(C(=O)N[C@@H](Cc2cccs2)C(=O)N[C@@H](CCCN=C(N)N)C(=O)O)CCCCC1. The van der Waals surface area contributed by atoms with Crippen molar-refractivity contribution in [1.82, 2.24) is 47.0 Å². The van der Waals surface area contributed by atoms with Gasteiger partial charge in [-0.15, -0.1) is 22.7 Å². The lowest BCUT2D eigenvalue weighted by Gasteiger charge is -2.38. The molecule has 1 saturated carbocycles. The van der Waals surface area contributed by atoms with Crippen LogP contribution in [-0.4, -0.2) is 208 Å². The van der Waals surface area contributed by atoms with Crippen molar-refractivity contribution in [3.8, 4) is 0 Å². The number of nitrogens with zero attached hydrogens (tertiary/aromatic N) is 5. The molecule has 486 valence electrons. The van der Waals surface area contributed by atoms with Crippen molar-refractivity contribution < 1.29 is 63.3 Å². The lowest BCUT2D eigenvalue weighted by Crippen LogP contribution is -2.66. The Morgan fingerprint density at radius 3 is 1.70 bits per heavy atom. The monoisotopic (exact) mass is 1270 g/mol. The summed E-state index contributed by atoms with van der Waals surface area (Å²) in [5.41, 5.74) is 37.0. The van der Waals surface area contributed by atoms with Crippen LogP contribution in [0.25, 0.3) is 0 Å². The number of likely N-dealkylation sites (tertiary alicyclic amines) is 2. The van der Waals surface area contributed by atoms with E-state index < -0.39 is 132 Å². The second-order valence-corrected chi connectivity index (χ2v) is 23.9. The van der Waals surface area contributed by atoms with Gasteiger partial charge in [0.05, 0.1) is 25.3 Å². The molecule has 0 spiro atoms. The third-order valence-electron chi connectivity index (χ3n) is 15.1. The van der Waals surface area contributed by atoms with E-state index >= 15 is 0 Å². The molecular formula is C54H85N19O13S2. The molecule has 0 radical (unpaired) electrons. The van der Waals surface area contributed by atoms with Gasteiger partial charge in [-0.3, -0.25) is 58.1 Å². The number of β-amino-alcohol motifs (C(OH)–C–C–N with tert-alkyl or cyclic N) is 1. The summed E-state index contributed by atoms with van der Waals surface area (Å²) in [6.45, 7) is -1.39. The first-order valence-electron chi connectivity index (χ1n) is 29.1. The summed E-state index contributed by atoms with van der Waals surface area (Å²) in [7, 11) is 0. The predicted molar refractivity (Wildman–Crippen MR) is 326 cm³/mol. The molecule has 3 aliphatic rings. The van der Waals surface area contributed by atoms with E-state index in [9.17, 15) is 63.3 Å². The van der Waals surface area contributed by atoms with Crippen LogP contribution in [0.3, 0.4) is 0 Å². The highest BCUT2D eigenvalue weighted by Crippen LogP contribution is 2.30. The lowest BCUT2D eigenvalue weighted by molar-refractivity contribution is -0.148. The van der Waals surface area contributed by atoms with Crippen LogP contribution in [0, 0.1) is 0 Å². The number of carboxylic acids is 1. The minimum atomic E-state index is -1.68. The minimum absolute atomic E-state index is 0.0277. The molecule has 32 nitrogen and oxygen atoms in total. The zero-order valence-electron chi connectivity index (χ0n) is 48.9. The average Bonchev–Trinajstić information content (AvgIpc) is 2.92. The van der Waals surface area contributed by atoms with Gasteiger partial charge in [0, 0.05) is 61.7 Å². The zero-order chi connectivity index (χ0) is 64.5. The Kier molecular flexibility index (Phi) is 28.0. The van der Waals surface area contributed by atoms with Crippen molar-refractivity contribution in [2.24, 2.45) is 55.1 Å². The highest BCUT2D eigenvalue weighted by Gasteiger charge is 2.47. The number of aliphatic hydroxyl groups excluding tert-OH is 2. The molecule has 24 N–H and O–H groups in total. The van der Waals surface area contributed by atoms with Crippen LogP contribution in [0.1, 0.15) is 99.6 Å². The van der Waals surface area contributed by atoms with Crippen LogP contribution in [-0.2, 0) is 60.8 Å². The van der Waals surface area contributed by atoms with Crippen LogP contribution < -0.4 is 77.4 Å². The summed E-state index contributed by atoms with van der Waals surface area (Å²) in [5.74, 6) is -8.83. The Bertz CT molecular complexity index is 2790. The largest absolute Gasteiger partial charge is 0.480 e. The minimum Gasteiger partial charge on any atom is -0.480 e. The van der Waals surface area contributed by atoms with E-state index in [1.807, 2.05) is 0 Å². The number of carbonyl (C=O) groups excluding carboxylic acids is 9. The molecule has 2 aliphatic heterocycles. The number of hydrogen-bond donors (Lipinski definition) is 17. The number of amides is 9. The maximum atomic E-state index is 14.5. The van der Waals surface area contributed by atoms with E-state index in [4.69, 9.17) is 40.1 Å². The number of hydrogen-bond acceptors (Lipinski definition) is 18. The van der Waals surface area contributed by atoms with Gasteiger partial charge in [-0.25, -0.2) is 4.79 Å². The second kappa shape index (κ2) is 35.0. The van der Waals surface area contributed by atoms with Crippen molar-refractivity contribution in [2.45, 2.75) is 163 Å². The smallest absolute Gasteiger partial charge is 0.326 e. The first-order valence-corrected chi connectivity index (χ1v) is 30.9. The number of nitrogens with one attached hydrogen (secondary N) is 7. The van der Waals surface area contributed by atoms with Crippen LogP contribution >= 0.6 is 22.7 Å². The number of aliphatic hydroxyl groups is 2. The maximum Gasteiger partial charge on any atom is 0.326 e. The molecule has 5 rings (SSSR count). The molecule has 0 unspecified atom stereocenters. The van der Waals surface area contributed by atoms with Gasteiger partial charge >= 0.3 is 5.97 Å². The third kappa shape index (κ3) is 21.9. The zero-order valence-corrected chi connectivity index (χ0v) is 50.6. The Balaban J connectivity index is 1.24. The molecule has 2 aromatic heterocycles. The number of carboxylic acid groups (broad SMARTS) is 1. The molecule has 1 aliphatic carbocycles. The van der Waals surface area contributed by atoms with Gasteiger partial charge in [-0.1, -0.05) is 31.4 Å². The Hall–Kier alpha value is -8.21. The molecule has 3 fully saturated rings. The number of rotatable bonds is 34. The van der Waals surface area contributed by atoms with Crippen molar-refractivity contribution in [2.75, 3.05) is 45.9 Å². The van der Waals surface area contributed by atoms with Crippen LogP contribution in [0.4, 0.5) is 0 Å². The fourth-order valence-corrected chi connectivity index (χ4v) is 12.1. The van der Waals surface area contributed by atoms with E-state index in [1.54, 1.807) is 35.0 Å². The molecule has 0 aromatic carbocycles. The Morgan fingerprint density at radius 1 is 0.636 bits per heavy atom. The van der Waals surface area contributed by atoms with Crippen molar-refractivity contribution in [3.05, 3.63) is 44.8 Å². The highest BCUT2D eigenvalue weighted by atomic mass is 32.1. The molecule has 9 amide bonds. The topological polar surface area (TPSA) is 541 Å². The van der Waals surface area contributed by atoms with E-state index in [-0.39, 0.29) is 121 Å².